The third-order valence-corrected chi connectivity index (χ3v) is 1.91. The summed E-state index contributed by atoms with van der Waals surface area (Å²) in [6, 6.07) is -0.176. The molecule has 0 aliphatic carbocycles. The number of rotatable bonds is 2. The Morgan fingerprint density at radius 2 is 2.27 bits per heavy atom. The molecule has 64 valence electrons. The quantitative estimate of drug-likeness (QED) is 0.554. The molecular formula is C7H13NO3. The summed E-state index contributed by atoms with van der Waals surface area (Å²) in [6.45, 7) is 0.732. The Morgan fingerprint density at radius 1 is 1.55 bits per heavy atom. The molecule has 0 aromatic rings. The second-order valence-corrected chi connectivity index (χ2v) is 2.58. The predicted octanol–water partition coefficient (Wildman–Crippen LogP) is -0.464. The van der Waals surface area contributed by atoms with Crippen LogP contribution in [0.25, 0.3) is 0 Å². The molecule has 4 nitrogen and oxygen atoms in total. The van der Waals surface area contributed by atoms with Gasteiger partial charge in [-0.05, 0) is 0 Å². The van der Waals surface area contributed by atoms with E-state index in [1.807, 2.05) is 0 Å². The van der Waals surface area contributed by atoms with E-state index in [1.54, 1.807) is 7.11 Å². The zero-order valence-corrected chi connectivity index (χ0v) is 6.79. The number of esters is 1. The van der Waals surface area contributed by atoms with Gasteiger partial charge in [-0.1, -0.05) is 0 Å². The van der Waals surface area contributed by atoms with Gasteiger partial charge in [0.15, 0.2) is 0 Å². The molecule has 4 heteroatoms. The summed E-state index contributed by atoms with van der Waals surface area (Å²) in [5.41, 5.74) is 0. The van der Waals surface area contributed by atoms with E-state index in [2.05, 4.69) is 10.1 Å². The molecule has 1 N–H and O–H groups in total. The highest BCUT2D eigenvalue weighted by Gasteiger charge is 2.29. The molecule has 1 unspecified atom stereocenters. The Bertz CT molecular complexity index is 149. The van der Waals surface area contributed by atoms with Gasteiger partial charge in [-0.3, -0.25) is 4.79 Å². The van der Waals surface area contributed by atoms with Crippen molar-refractivity contribution >= 4 is 5.97 Å². The normalized spacial score (nSPS) is 30.4. The number of hydrogen-bond acceptors (Lipinski definition) is 4. The van der Waals surface area contributed by atoms with E-state index in [0.717, 1.165) is 6.54 Å². The van der Waals surface area contributed by atoms with Crippen LogP contribution in [0.5, 0.6) is 0 Å². The SMILES string of the molecule is COC(=O)[C@H]1CC(OC)CN1. The lowest BCUT2D eigenvalue weighted by Crippen LogP contribution is -2.31. The van der Waals surface area contributed by atoms with Crippen LogP contribution >= 0.6 is 0 Å². The molecule has 0 saturated carbocycles. The van der Waals surface area contributed by atoms with Gasteiger partial charge in [-0.2, -0.15) is 0 Å². The Kier molecular flexibility index (Phi) is 2.84. The van der Waals surface area contributed by atoms with Gasteiger partial charge in [0, 0.05) is 20.1 Å². The van der Waals surface area contributed by atoms with Crippen LogP contribution in [-0.4, -0.2) is 38.9 Å². The molecule has 1 aliphatic rings. The van der Waals surface area contributed by atoms with Gasteiger partial charge >= 0.3 is 5.97 Å². The summed E-state index contributed by atoms with van der Waals surface area (Å²) < 4.78 is 9.64. The molecule has 2 atom stereocenters. The van der Waals surface area contributed by atoms with E-state index >= 15 is 0 Å². The average Bonchev–Trinajstić information content (AvgIpc) is 2.50. The zero-order valence-electron chi connectivity index (χ0n) is 6.79. The maximum atomic E-state index is 10.9. The van der Waals surface area contributed by atoms with Crippen molar-refractivity contribution in [2.45, 2.75) is 18.6 Å². The highest BCUT2D eigenvalue weighted by molar-refractivity contribution is 5.76. The standard InChI is InChI=1S/C7H13NO3/c1-10-5-3-6(8-4-5)7(9)11-2/h5-6,8H,3-4H2,1-2H3/t5?,6-/m1/s1. The van der Waals surface area contributed by atoms with Gasteiger partial charge in [0.2, 0.25) is 0 Å². The molecule has 1 heterocycles. The fraction of sp³-hybridized carbons (Fsp3) is 0.857. The maximum absolute atomic E-state index is 10.9. The van der Waals surface area contributed by atoms with E-state index in [-0.39, 0.29) is 18.1 Å². The molecule has 0 bridgehead atoms. The number of carbonyl (C=O) groups excluding carboxylic acids is 1. The van der Waals surface area contributed by atoms with Gasteiger partial charge < -0.3 is 14.8 Å². The molecule has 0 amide bonds. The monoisotopic (exact) mass is 159 g/mol. The van der Waals surface area contributed by atoms with Crippen molar-refractivity contribution in [2.24, 2.45) is 0 Å². The van der Waals surface area contributed by atoms with Crippen molar-refractivity contribution < 1.29 is 14.3 Å². The second-order valence-electron chi connectivity index (χ2n) is 2.58. The Hall–Kier alpha value is -0.610. The first-order chi connectivity index (χ1) is 5.27. The fourth-order valence-electron chi connectivity index (χ4n) is 1.20. The van der Waals surface area contributed by atoms with Gasteiger partial charge in [-0.25, -0.2) is 0 Å². The molecule has 0 radical (unpaired) electrons. The van der Waals surface area contributed by atoms with Gasteiger partial charge in [-0.15, -0.1) is 0 Å². The summed E-state index contributed by atoms with van der Waals surface area (Å²) in [4.78, 5) is 10.9. The topological polar surface area (TPSA) is 47.6 Å². The van der Waals surface area contributed by atoms with Gasteiger partial charge in [0.05, 0.1) is 13.2 Å². The van der Waals surface area contributed by atoms with Crippen LogP contribution in [0.1, 0.15) is 6.42 Å². The van der Waals surface area contributed by atoms with Crippen LogP contribution in [0.2, 0.25) is 0 Å². The number of methoxy groups -OCH3 is 2. The third kappa shape index (κ3) is 1.91. The largest absolute Gasteiger partial charge is 0.468 e. The Labute approximate surface area is 65.9 Å². The third-order valence-electron chi connectivity index (χ3n) is 1.91. The summed E-state index contributed by atoms with van der Waals surface area (Å²) >= 11 is 0. The molecule has 1 saturated heterocycles. The average molecular weight is 159 g/mol. The number of hydrogen-bond donors (Lipinski definition) is 1. The van der Waals surface area contributed by atoms with E-state index in [4.69, 9.17) is 4.74 Å². The molecule has 0 aromatic heterocycles. The highest BCUT2D eigenvalue weighted by atomic mass is 16.5. The van der Waals surface area contributed by atoms with E-state index < -0.39 is 0 Å². The fourth-order valence-corrected chi connectivity index (χ4v) is 1.20. The minimum Gasteiger partial charge on any atom is -0.468 e. The van der Waals surface area contributed by atoms with Crippen molar-refractivity contribution in [3.8, 4) is 0 Å². The number of carbonyl (C=O) groups is 1. The minimum atomic E-state index is -0.204. The first-order valence-corrected chi connectivity index (χ1v) is 3.62. The number of nitrogens with one attached hydrogen (secondary N) is 1. The van der Waals surface area contributed by atoms with Crippen LogP contribution in [0.4, 0.5) is 0 Å². The lowest BCUT2D eigenvalue weighted by Gasteiger charge is -2.06. The van der Waals surface area contributed by atoms with Crippen LogP contribution < -0.4 is 5.32 Å². The van der Waals surface area contributed by atoms with Crippen molar-refractivity contribution in [1.82, 2.24) is 5.32 Å². The molecule has 1 aliphatic heterocycles. The molecule has 0 spiro atoms. The Balaban J connectivity index is 2.35. The Morgan fingerprint density at radius 3 is 2.73 bits per heavy atom. The van der Waals surface area contributed by atoms with E-state index in [9.17, 15) is 4.79 Å². The zero-order chi connectivity index (χ0) is 8.27. The van der Waals surface area contributed by atoms with Gasteiger partial charge in [0.1, 0.15) is 6.04 Å². The summed E-state index contributed by atoms with van der Waals surface area (Å²) in [6.07, 6.45) is 0.863. The van der Waals surface area contributed by atoms with E-state index in [0.29, 0.717) is 6.42 Å². The van der Waals surface area contributed by atoms with Gasteiger partial charge in [0.25, 0.3) is 0 Å². The smallest absolute Gasteiger partial charge is 0.322 e. The van der Waals surface area contributed by atoms with E-state index in [1.165, 1.54) is 7.11 Å². The molecule has 1 fully saturated rings. The first-order valence-electron chi connectivity index (χ1n) is 3.62. The van der Waals surface area contributed by atoms with Crippen LogP contribution in [0, 0.1) is 0 Å². The number of ether oxygens (including phenoxy) is 2. The summed E-state index contributed by atoms with van der Waals surface area (Å²) in [5.74, 6) is -0.204. The molecule has 1 rings (SSSR count). The predicted molar refractivity (Wildman–Crippen MR) is 39.2 cm³/mol. The van der Waals surface area contributed by atoms with Crippen LogP contribution in [0.3, 0.4) is 0 Å². The van der Waals surface area contributed by atoms with Crippen LogP contribution in [-0.2, 0) is 14.3 Å². The van der Waals surface area contributed by atoms with Crippen molar-refractivity contribution in [1.29, 1.82) is 0 Å². The molecular weight excluding hydrogens is 146 g/mol. The summed E-state index contributed by atoms with van der Waals surface area (Å²) in [7, 11) is 3.04. The highest BCUT2D eigenvalue weighted by Crippen LogP contribution is 2.09. The van der Waals surface area contributed by atoms with Crippen molar-refractivity contribution in [2.75, 3.05) is 20.8 Å². The lowest BCUT2D eigenvalue weighted by atomic mass is 10.2. The summed E-state index contributed by atoms with van der Waals surface area (Å²) in [5, 5.41) is 3.01. The molecule has 11 heavy (non-hydrogen) atoms. The first kappa shape index (κ1) is 8.49. The molecule has 0 aromatic carbocycles. The van der Waals surface area contributed by atoms with Crippen molar-refractivity contribution in [3.05, 3.63) is 0 Å². The minimum absolute atomic E-state index is 0.152. The maximum Gasteiger partial charge on any atom is 0.322 e. The lowest BCUT2D eigenvalue weighted by molar-refractivity contribution is -0.142. The second kappa shape index (κ2) is 3.69. The van der Waals surface area contributed by atoms with Crippen LogP contribution in [0.15, 0.2) is 0 Å². The van der Waals surface area contributed by atoms with Crippen molar-refractivity contribution in [3.63, 3.8) is 0 Å².